The second kappa shape index (κ2) is 11.2. The number of ether oxygens (including phenoxy) is 1. The fraction of sp³-hybridized carbons (Fsp3) is 0.565. The Bertz CT molecular complexity index is 950. The third kappa shape index (κ3) is 7.10. The van der Waals surface area contributed by atoms with E-state index in [0.29, 0.717) is 11.8 Å². The number of benzene rings is 1. The lowest BCUT2D eigenvalue weighted by molar-refractivity contribution is 0.0491. The maximum Gasteiger partial charge on any atom is 0.407 e. The second-order valence-electron chi connectivity index (χ2n) is 8.99. The van der Waals surface area contributed by atoms with E-state index in [0.717, 1.165) is 57.0 Å². The van der Waals surface area contributed by atoms with Gasteiger partial charge < -0.3 is 15.4 Å². The molecule has 1 fully saturated rings. The zero-order chi connectivity index (χ0) is 23.3. The molecule has 1 atom stereocenters. The first-order valence-electron chi connectivity index (χ1n) is 11.0. The molecule has 3 rings (SSSR count). The van der Waals surface area contributed by atoms with Crippen LogP contribution in [0.25, 0.3) is 10.4 Å². The molecular formula is C23H32BrN3O3S2. The van der Waals surface area contributed by atoms with E-state index in [2.05, 4.69) is 26.6 Å². The van der Waals surface area contributed by atoms with Crippen molar-refractivity contribution in [1.29, 1.82) is 0 Å². The first kappa shape index (κ1) is 25.3. The van der Waals surface area contributed by atoms with E-state index >= 15 is 0 Å². The first-order valence-corrected chi connectivity index (χ1v) is 13.9. The monoisotopic (exact) mass is 541 g/mol. The number of carbonyl (C=O) groups is 1. The number of rotatable bonds is 7. The van der Waals surface area contributed by atoms with Gasteiger partial charge in [-0.2, -0.15) is 0 Å². The van der Waals surface area contributed by atoms with Gasteiger partial charge in [-0.05, 0) is 65.1 Å². The molecule has 0 radical (unpaired) electrons. The molecule has 1 aliphatic carbocycles. The molecular weight excluding hydrogens is 510 g/mol. The van der Waals surface area contributed by atoms with Gasteiger partial charge in [-0.1, -0.05) is 28.9 Å². The normalized spacial score (nSPS) is 20.0. The van der Waals surface area contributed by atoms with Crippen molar-refractivity contribution in [3.63, 3.8) is 0 Å². The van der Waals surface area contributed by atoms with Crippen LogP contribution in [-0.2, 0) is 15.5 Å². The van der Waals surface area contributed by atoms with E-state index in [1.807, 2.05) is 52.1 Å². The molecule has 1 heterocycles. The average Bonchev–Trinajstić information content (AvgIpc) is 3.21. The number of carbonyl (C=O) groups excluding carboxylic acids is 1. The highest BCUT2D eigenvalue weighted by molar-refractivity contribution is 9.10. The van der Waals surface area contributed by atoms with E-state index in [9.17, 15) is 9.00 Å². The smallest absolute Gasteiger partial charge is 0.407 e. The molecule has 0 bridgehead atoms. The highest BCUT2D eigenvalue weighted by Crippen LogP contribution is 2.39. The fourth-order valence-electron chi connectivity index (χ4n) is 3.72. The molecule has 32 heavy (non-hydrogen) atoms. The van der Waals surface area contributed by atoms with Crippen LogP contribution in [0.15, 0.2) is 33.8 Å². The second-order valence-corrected chi connectivity index (χ2v) is 12.4. The minimum absolute atomic E-state index is 0.145. The van der Waals surface area contributed by atoms with Crippen molar-refractivity contribution < 1.29 is 13.7 Å². The zero-order valence-corrected chi connectivity index (χ0v) is 22.3. The van der Waals surface area contributed by atoms with E-state index in [1.165, 1.54) is 0 Å². The standard InChI is InChI=1S/C23H32BrN3O3S2/c1-5-25-14-32(29)20-12-16(24)8-11-18(20)19-13-26-21(31-19)15-6-9-17(10-7-15)27-22(28)30-23(2,3)4/h8,11-13,15,17,25H,5-7,9-10,14H2,1-4H3,(H,27,28). The Labute approximate surface area is 205 Å². The number of nitrogens with zero attached hydrogens (tertiary/aromatic N) is 1. The minimum atomic E-state index is -1.13. The van der Waals surface area contributed by atoms with Crippen LogP contribution in [0, 0.1) is 0 Å². The van der Waals surface area contributed by atoms with Crippen molar-refractivity contribution in [1.82, 2.24) is 15.6 Å². The lowest BCUT2D eigenvalue weighted by Gasteiger charge is -2.29. The van der Waals surface area contributed by atoms with Gasteiger partial charge in [0.05, 0.1) is 26.6 Å². The van der Waals surface area contributed by atoms with Crippen LogP contribution in [0.5, 0.6) is 0 Å². The van der Waals surface area contributed by atoms with Gasteiger partial charge in [0.1, 0.15) is 5.60 Å². The molecule has 2 N–H and O–H groups in total. The summed E-state index contributed by atoms with van der Waals surface area (Å²) in [6.07, 6.45) is 5.34. The minimum Gasteiger partial charge on any atom is -0.444 e. The Morgan fingerprint density at radius 2 is 2.00 bits per heavy atom. The SMILES string of the molecule is CCNCS(=O)c1cc(Br)ccc1-c1cnc(C2CCC(NC(=O)OC(C)(C)C)CC2)s1. The maximum atomic E-state index is 12.8. The molecule has 9 heteroatoms. The quantitative estimate of drug-likeness (QED) is 0.463. The molecule has 1 aromatic heterocycles. The lowest BCUT2D eigenvalue weighted by atomic mass is 9.86. The zero-order valence-electron chi connectivity index (χ0n) is 19.1. The largest absolute Gasteiger partial charge is 0.444 e. The van der Waals surface area contributed by atoms with Crippen molar-refractivity contribution in [2.45, 2.75) is 75.8 Å². The summed E-state index contributed by atoms with van der Waals surface area (Å²) in [5, 5.41) is 7.28. The maximum absolute atomic E-state index is 12.8. The molecule has 176 valence electrons. The number of hydrogen-bond donors (Lipinski definition) is 2. The Morgan fingerprint density at radius 1 is 1.28 bits per heavy atom. The van der Waals surface area contributed by atoms with Crippen molar-refractivity contribution in [2.75, 3.05) is 12.4 Å². The number of thiazole rings is 1. The molecule has 0 spiro atoms. The van der Waals surface area contributed by atoms with E-state index in [-0.39, 0.29) is 12.1 Å². The predicted octanol–water partition coefficient (Wildman–Crippen LogP) is 5.80. The summed E-state index contributed by atoms with van der Waals surface area (Å²) in [6.45, 7) is 8.40. The van der Waals surface area contributed by atoms with Crippen LogP contribution in [0.3, 0.4) is 0 Å². The summed E-state index contributed by atoms with van der Waals surface area (Å²) >= 11 is 5.19. The fourth-order valence-corrected chi connectivity index (χ4v) is 6.65. The van der Waals surface area contributed by atoms with Crippen LogP contribution in [0.4, 0.5) is 4.79 Å². The highest BCUT2D eigenvalue weighted by Gasteiger charge is 2.27. The summed E-state index contributed by atoms with van der Waals surface area (Å²) in [5.74, 6) is 0.817. The third-order valence-corrected chi connectivity index (χ3v) is 8.24. The van der Waals surface area contributed by atoms with Crippen molar-refractivity contribution >= 4 is 44.2 Å². The molecule has 1 amide bonds. The van der Waals surface area contributed by atoms with Crippen LogP contribution >= 0.6 is 27.3 Å². The van der Waals surface area contributed by atoms with Gasteiger partial charge in [0.25, 0.3) is 0 Å². The Hall–Kier alpha value is -1.29. The molecule has 1 aliphatic rings. The predicted molar refractivity (Wildman–Crippen MR) is 135 cm³/mol. The summed E-state index contributed by atoms with van der Waals surface area (Å²) in [5.41, 5.74) is 0.495. The first-order chi connectivity index (χ1) is 15.2. The number of amides is 1. The van der Waals surface area contributed by atoms with Crippen LogP contribution in [0.1, 0.15) is 64.3 Å². The molecule has 0 saturated heterocycles. The van der Waals surface area contributed by atoms with Gasteiger partial charge in [0.2, 0.25) is 0 Å². The van der Waals surface area contributed by atoms with Gasteiger partial charge in [-0.25, -0.2) is 9.78 Å². The number of alkyl carbamates (subject to hydrolysis) is 1. The topological polar surface area (TPSA) is 80.3 Å². The molecule has 1 saturated carbocycles. The number of halogens is 1. The van der Waals surface area contributed by atoms with Gasteiger partial charge in [0.15, 0.2) is 0 Å². The van der Waals surface area contributed by atoms with Crippen molar-refractivity contribution in [2.24, 2.45) is 0 Å². The summed E-state index contributed by atoms with van der Waals surface area (Å²) < 4.78 is 19.1. The van der Waals surface area contributed by atoms with Gasteiger partial charge in [0, 0.05) is 33.1 Å². The summed E-state index contributed by atoms with van der Waals surface area (Å²) in [6, 6.07) is 6.08. The number of aromatic nitrogens is 1. The highest BCUT2D eigenvalue weighted by atomic mass is 79.9. The van der Waals surface area contributed by atoms with Crippen LogP contribution < -0.4 is 10.6 Å². The molecule has 2 aromatic rings. The number of nitrogens with one attached hydrogen (secondary N) is 2. The van der Waals surface area contributed by atoms with Gasteiger partial charge >= 0.3 is 6.09 Å². The molecule has 1 unspecified atom stereocenters. The van der Waals surface area contributed by atoms with E-state index in [1.54, 1.807) is 11.3 Å². The molecule has 0 aliphatic heterocycles. The summed E-state index contributed by atoms with van der Waals surface area (Å²) in [7, 11) is -1.13. The van der Waals surface area contributed by atoms with E-state index < -0.39 is 16.4 Å². The van der Waals surface area contributed by atoms with Crippen molar-refractivity contribution in [3.8, 4) is 10.4 Å². The van der Waals surface area contributed by atoms with Crippen LogP contribution in [-0.4, -0.2) is 39.4 Å². The summed E-state index contributed by atoms with van der Waals surface area (Å²) in [4.78, 5) is 18.6. The Morgan fingerprint density at radius 3 is 2.66 bits per heavy atom. The van der Waals surface area contributed by atoms with E-state index in [4.69, 9.17) is 9.72 Å². The Kier molecular flexibility index (Phi) is 8.89. The molecule has 6 nitrogen and oxygen atoms in total. The van der Waals surface area contributed by atoms with Crippen molar-refractivity contribution in [3.05, 3.63) is 33.9 Å². The Balaban J connectivity index is 1.65. The lowest BCUT2D eigenvalue weighted by Crippen LogP contribution is -2.40. The molecule has 1 aromatic carbocycles. The average molecular weight is 543 g/mol. The van der Waals surface area contributed by atoms with Gasteiger partial charge in [-0.15, -0.1) is 11.3 Å². The van der Waals surface area contributed by atoms with Gasteiger partial charge in [-0.3, -0.25) is 4.21 Å². The third-order valence-electron chi connectivity index (χ3n) is 5.26. The number of hydrogen-bond acceptors (Lipinski definition) is 6. The van der Waals surface area contributed by atoms with Crippen LogP contribution in [0.2, 0.25) is 0 Å².